The Labute approximate surface area is 167 Å². The quantitative estimate of drug-likeness (QED) is 0.567. The Hall–Kier alpha value is -3.53. The van der Waals surface area contributed by atoms with Gasteiger partial charge < -0.3 is 16.0 Å². The Kier molecular flexibility index (Phi) is 5.74. The summed E-state index contributed by atoms with van der Waals surface area (Å²) in [5.74, 6) is -0.576. The third-order valence-electron chi connectivity index (χ3n) is 3.90. The van der Waals surface area contributed by atoms with Crippen LogP contribution in [0, 0.1) is 5.82 Å². The summed E-state index contributed by atoms with van der Waals surface area (Å²) >= 11 is 0. The molecule has 0 saturated carbocycles. The summed E-state index contributed by atoms with van der Waals surface area (Å²) < 4.78 is 37.2. The highest BCUT2D eigenvalue weighted by Gasteiger charge is 2.18. The van der Waals surface area contributed by atoms with Crippen LogP contribution in [0.15, 0.2) is 59.6 Å². The Balaban J connectivity index is 2.01. The number of carbonyl (C=O) groups is 1. The first kappa shape index (κ1) is 20.2. The van der Waals surface area contributed by atoms with Crippen LogP contribution in [-0.4, -0.2) is 37.6 Å². The van der Waals surface area contributed by atoms with Gasteiger partial charge in [-0.15, -0.1) is 0 Å². The monoisotopic (exact) mass is 415 g/mol. The lowest BCUT2D eigenvalue weighted by Gasteiger charge is -2.14. The maximum Gasteiger partial charge on any atom is 0.256 e. The lowest BCUT2D eigenvalue weighted by Crippen LogP contribution is -2.20. The number of sulfone groups is 1. The van der Waals surface area contributed by atoms with Gasteiger partial charge >= 0.3 is 0 Å². The van der Waals surface area contributed by atoms with E-state index in [2.05, 4.69) is 25.9 Å². The van der Waals surface area contributed by atoms with E-state index >= 15 is 0 Å². The van der Waals surface area contributed by atoms with E-state index in [0.717, 1.165) is 6.26 Å². The van der Waals surface area contributed by atoms with Gasteiger partial charge in [0.15, 0.2) is 9.84 Å². The molecule has 1 heterocycles. The van der Waals surface area contributed by atoms with Crippen molar-refractivity contribution in [3.05, 3.63) is 66.1 Å². The van der Waals surface area contributed by atoms with E-state index in [-0.39, 0.29) is 33.7 Å². The van der Waals surface area contributed by atoms with E-state index in [1.165, 1.54) is 43.6 Å². The molecular weight excluding hydrogens is 397 g/mol. The topological polar surface area (TPSA) is 113 Å². The molecule has 8 nitrogen and oxygen atoms in total. The fraction of sp³-hybridized carbons (Fsp3) is 0.105. The summed E-state index contributed by atoms with van der Waals surface area (Å²) in [5, 5.41) is 8.30. The van der Waals surface area contributed by atoms with Crippen molar-refractivity contribution in [1.82, 2.24) is 15.3 Å². The maximum atomic E-state index is 13.1. The van der Waals surface area contributed by atoms with Gasteiger partial charge in [-0.05, 0) is 36.4 Å². The van der Waals surface area contributed by atoms with Crippen molar-refractivity contribution >= 4 is 38.9 Å². The predicted octanol–water partition coefficient (Wildman–Crippen LogP) is 2.87. The molecule has 2 aromatic carbocycles. The van der Waals surface area contributed by atoms with Crippen LogP contribution in [0.25, 0.3) is 0 Å². The first-order chi connectivity index (χ1) is 13.8. The van der Waals surface area contributed by atoms with Gasteiger partial charge in [0.1, 0.15) is 17.2 Å². The van der Waals surface area contributed by atoms with E-state index in [1.54, 1.807) is 18.2 Å². The molecule has 0 saturated heterocycles. The average molecular weight is 415 g/mol. The molecule has 0 spiro atoms. The first-order valence-electron chi connectivity index (χ1n) is 8.46. The Morgan fingerprint density at radius 3 is 2.38 bits per heavy atom. The van der Waals surface area contributed by atoms with E-state index in [4.69, 9.17) is 0 Å². The molecule has 0 bridgehead atoms. The molecule has 1 aromatic heterocycles. The third-order valence-corrected chi connectivity index (χ3v) is 5.06. The van der Waals surface area contributed by atoms with Gasteiger partial charge in [0, 0.05) is 25.2 Å². The second-order valence-electron chi connectivity index (χ2n) is 6.06. The number of anilines is 4. The number of benzene rings is 2. The summed E-state index contributed by atoms with van der Waals surface area (Å²) in [4.78, 5) is 20.7. The molecule has 3 rings (SSSR count). The van der Waals surface area contributed by atoms with Crippen LogP contribution < -0.4 is 16.0 Å². The minimum absolute atomic E-state index is 0.0644. The highest BCUT2D eigenvalue weighted by molar-refractivity contribution is 7.90. The van der Waals surface area contributed by atoms with Gasteiger partial charge in [-0.25, -0.2) is 17.8 Å². The molecule has 0 aliphatic rings. The van der Waals surface area contributed by atoms with Crippen LogP contribution in [0.2, 0.25) is 0 Å². The molecule has 0 fully saturated rings. The molecular formula is C19H18FN5O3S. The molecule has 0 aliphatic carbocycles. The molecule has 3 aromatic rings. The lowest BCUT2D eigenvalue weighted by molar-refractivity contribution is 0.0963. The standard InChI is InChI=1S/C19H18FN5O3S/c1-21-18(26)14-11-22-19(23-13-9-7-12(20)8-10-13)25-17(14)24-15-5-3-4-6-16(15)29(2,27)28/h3-11H,1-2H3,(H,21,26)(H2,22,23,24,25). The van der Waals surface area contributed by atoms with Gasteiger partial charge in [0.2, 0.25) is 5.95 Å². The zero-order valence-electron chi connectivity index (χ0n) is 15.6. The molecule has 29 heavy (non-hydrogen) atoms. The van der Waals surface area contributed by atoms with Gasteiger partial charge in [-0.1, -0.05) is 12.1 Å². The minimum atomic E-state index is -3.51. The number of nitrogens with one attached hydrogen (secondary N) is 3. The van der Waals surface area contributed by atoms with E-state index in [9.17, 15) is 17.6 Å². The largest absolute Gasteiger partial charge is 0.355 e. The third kappa shape index (κ3) is 4.85. The molecule has 0 atom stereocenters. The number of aromatic nitrogens is 2. The molecule has 10 heteroatoms. The second kappa shape index (κ2) is 8.23. The van der Waals surface area contributed by atoms with E-state index < -0.39 is 15.7 Å². The molecule has 150 valence electrons. The van der Waals surface area contributed by atoms with Crippen molar-refractivity contribution in [2.45, 2.75) is 4.90 Å². The van der Waals surface area contributed by atoms with E-state index in [0.29, 0.717) is 5.69 Å². The Morgan fingerprint density at radius 2 is 1.72 bits per heavy atom. The van der Waals surface area contributed by atoms with Gasteiger partial charge in [0.25, 0.3) is 5.91 Å². The summed E-state index contributed by atoms with van der Waals surface area (Å²) in [6.45, 7) is 0. The van der Waals surface area contributed by atoms with Gasteiger partial charge in [0.05, 0.1) is 10.6 Å². The number of para-hydroxylation sites is 1. The van der Waals surface area contributed by atoms with Crippen LogP contribution in [0.5, 0.6) is 0 Å². The zero-order valence-corrected chi connectivity index (χ0v) is 16.4. The number of hydrogen-bond donors (Lipinski definition) is 3. The van der Waals surface area contributed by atoms with Crippen LogP contribution >= 0.6 is 0 Å². The van der Waals surface area contributed by atoms with E-state index in [1.807, 2.05) is 0 Å². The fourth-order valence-electron chi connectivity index (χ4n) is 2.52. The minimum Gasteiger partial charge on any atom is -0.355 e. The molecule has 1 amide bonds. The normalized spacial score (nSPS) is 11.0. The van der Waals surface area contributed by atoms with Crippen molar-refractivity contribution in [3.63, 3.8) is 0 Å². The van der Waals surface area contributed by atoms with Crippen molar-refractivity contribution in [2.24, 2.45) is 0 Å². The molecule has 0 aliphatic heterocycles. The predicted molar refractivity (Wildman–Crippen MR) is 108 cm³/mol. The number of rotatable bonds is 6. The maximum absolute atomic E-state index is 13.1. The van der Waals surface area contributed by atoms with Crippen LogP contribution in [0.4, 0.5) is 27.5 Å². The molecule has 0 radical (unpaired) electrons. The highest BCUT2D eigenvalue weighted by atomic mass is 32.2. The van der Waals surface area contributed by atoms with Gasteiger partial charge in [-0.3, -0.25) is 4.79 Å². The fourth-order valence-corrected chi connectivity index (χ4v) is 3.37. The SMILES string of the molecule is CNC(=O)c1cnc(Nc2ccc(F)cc2)nc1Nc1ccccc1S(C)(=O)=O. The number of carbonyl (C=O) groups excluding carboxylic acids is 1. The summed E-state index contributed by atoms with van der Waals surface area (Å²) in [6, 6.07) is 11.9. The van der Waals surface area contributed by atoms with Crippen molar-refractivity contribution in [2.75, 3.05) is 23.9 Å². The zero-order chi connectivity index (χ0) is 21.0. The second-order valence-corrected chi connectivity index (χ2v) is 8.04. The number of nitrogens with zero attached hydrogens (tertiary/aromatic N) is 2. The van der Waals surface area contributed by atoms with Crippen LogP contribution in [-0.2, 0) is 9.84 Å². The number of hydrogen-bond acceptors (Lipinski definition) is 7. The summed E-state index contributed by atoms with van der Waals surface area (Å²) in [7, 11) is -2.05. The smallest absolute Gasteiger partial charge is 0.256 e. The molecule has 3 N–H and O–H groups in total. The van der Waals surface area contributed by atoms with Crippen molar-refractivity contribution in [1.29, 1.82) is 0 Å². The highest BCUT2D eigenvalue weighted by Crippen LogP contribution is 2.26. The van der Waals surface area contributed by atoms with Crippen LogP contribution in [0.3, 0.4) is 0 Å². The Morgan fingerprint density at radius 1 is 1.03 bits per heavy atom. The lowest BCUT2D eigenvalue weighted by atomic mass is 10.2. The summed E-state index contributed by atoms with van der Waals surface area (Å²) in [5.41, 5.74) is 0.939. The molecule has 0 unspecified atom stereocenters. The summed E-state index contributed by atoms with van der Waals surface area (Å²) in [6.07, 6.45) is 2.40. The number of halogens is 1. The van der Waals surface area contributed by atoms with Crippen molar-refractivity contribution in [3.8, 4) is 0 Å². The Bertz CT molecular complexity index is 1150. The first-order valence-corrected chi connectivity index (χ1v) is 10.3. The average Bonchev–Trinajstić information content (AvgIpc) is 2.69. The van der Waals surface area contributed by atoms with Crippen molar-refractivity contribution < 1.29 is 17.6 Å². The number of amides is 1. The van der Waals surface area contributed by atoms with Crippen LogP contribution in [0.1, 0.15) is 10.4 Å². The van der Waals surface area contributed by atoms with Gasteiger partial charge in [-0.2, -0.15) is 4.98 Å².